The van der Waals surface area contributed by atoms with E-state index in [-0.39, 0.29) is 6.04 Å². The Labute approximate surface area is 97.3 Å². The number of carbonyl (C=O) groups is 1. The van der Waals surface area contributed by atoms with E-state index in [0.29, 0.717) is 26.3 Å². The van der Waals surface area contributed by atoms with E-state index < -0.39 is 12.1 Å². The first kappa shape index (κ1) is 15.3. The standard InChI is InChI=1S/C11H23NO4/c1-5-16-10(11(13)14)8-12(9(2)3)6-7-15-4/h9-10H,5-8H2,1-4H3,(H,13,14). The molecule has 0 heterocycles. The summed E-state index contributed by atoms with van der Waals surface area (Å²) in [6, 6.07) is 0.275. The zero-order chi connectivity index (χ0) is 12.6. The first-order chi connectivity index (χ1) is 7.52. The molecular formula is C11H23NO4. The monoisotopic (exact) mass is 233 g/mol. The summed E-state index contributed by atoms with van der Waals surface area (Å²) >= 11 is 0. The largest absolute Gasteiger partial charge is 0.479 e. The van der Waals surface area contributed by atoms with Crippen molar-refractivity contribution in [2.75, 3.05) is 33.4 Å². The minimum atomic E-state index is -0.912. The van der Waals surface area contributed by atoms with Crippen LogP contribution in [0.2, 0.25) is 0 Å². The first-order valence-electron chi connectivity index (χ1n) is 5.60. The van der Waals surface area contributed by atoms with Gasteiger partial charge in [-0.1, -0.05) is 0 Å². The molecule has 1 atom stereocenters. The number of aliphatic carboxylic acids is 1. The first-order valence-corrected chi connectivity index (χ1v) is 5.60. The lowest BCUT2D eigenvalue weighted by atomic mass is 10.2. The molecule has 0 rings (SSSR count). The highest BCUT2D eigenvalue weighted by molar-refractivity contribution is 5.72. The van der Waals surface area contributed by atoms with Crippen LogP contribution in [0, 0.1) is 0 Å². The van der Waals surface area contributed by atoms with Crippen LogP contribution >= 0.6 is 0 Å². The van der Waals surface area contributed by atoms with Crippen molar-refractivity contribution in [3.63, 3.8) is 0 Å². The summed E-state index contributed by atoms with van der Waals surface area (Å²) in [5.74, 6) is -0.912. The van der Waals surface area contributed by atoms with E-state index in [1.54, 1.807) is 14.0 Å². The van der Waals surface area contributed by atoms with Crippen LogP contribution in [0.5, 0.6) is 0 Å². The van der Waals surface area contributed by atoms with Crippen molar-refractivity contribution >= 4 is 5.97 Å². The molecule has 0 bridgehead atoms. The van der Waals surface area contributed by atoms with Crippen LogP contribution in [0.4, 0.5) is 0 Å². The van der Waals surface area contributed by atoms with Gasteiger partial charge in [-0.05, 0) is 20.8 Å². The normalized spacial score (nSPS) is 13.4. The van der Waals surface area contributed by atoms with Crippen molar-refractivity contribution in [1.82, 2.24) is 4.90 Å². The molecule has 1 unspecified atom stereocenters. The SMILES string of the molecule is CCOC(CN(CCOC)C(C)C)C(=O)O. The van der Waals surface area contributed by atoms with Gasteiger partial charge in [0.05, 0.1) is 6.61 Å². The van der Waals surface area contributed by atoms with Gasteiger partial charge >= 0.3 is 5.97 Å². The molecular weight excluding hydrogens is 210 g/mol. The smallest absolute Gasteiger partial charge is 0.334 e. The number of carboxylic acid groups (broad SMARTS) is 1. The van der Waals surface area contributed by atoms with Gasteiger partial charge < -0.3 is 14.6 Å². The van der Waals surface area contributed by atoms with Crippen LogP contribution in [0.3, 0.4) is 0 Å². The summed E-state index contributed by atoms with van der Waals surface area (Å²) in [5, 5.41) is 8.98. The number of methoxy groups -OCH3 is 1. The highest BCUT2D eigenvalue weighted by Gasteiger charge is 2.22. The van der Waals surface area contributed by atoms with E-state index in [4.69, 9.17) is 14.6 Å². The summed E-state index contributed by atoms with van der Waals surface area (Å²) in [7, 11) is 1.63. The zero-order valence-electron chi connectivity index (χ0n) is 10.6. The molecule has 0 radical (unpaired) electrons. The maximum atomic E-state index is 10.9. The Morgan fingerprint density at radius 1 is 1.44 bits per heavy atom. The van der Waals surface area contributed by atoms with Gasteiger partial charge in [-0.3, -0.25) is 4.90 Å². The maximum absolute atomic E-state index is 10.9. The molecule has 0 amide bonds. The second-order valence-corrected chi connectivity index (χ2v) is 3.86. The predicted octanol–water partition coefficient (Wildman–Crippen LogP) is 0.833. The van der Waals surface area contributed by atoms with E-state index in [1.165, 1.54) is 0 Å². The van der Waals surface area contributed by atoms with Gasteiger partial charge in [0.15, 0.2) is 6.10 Å². The average molecular weight is 233 g/mol. The summed E-state index contributed by atoms with van der Waals surface area (Å²) in [6.45, 7) is 7.96. The Morgan fingerprint density at radius 2 is 2.06 bits per heavy atom. The van der Waals surface area contributed by atoms with E-state index in [9.17, 15) is 4.79 Å². The molecule has 0 aliphatic carbocycles. The number of rotatable bonds is 9. The van der Waals surface area contributed by atoms with Gasteiger partial charge in [0.1, 0.15) is 0 Å². The third-order valence-corrected chi connectivity index (χ3v) is 2.36. The van der Waals surface area contributed by atoms with Crippen molar-refractivity contribution < 1.29 is 19.4 Å². The topological polar surface area (TPSA) is 59.0 Å². The number of hydrogen-bond donors (Lipinski definition) is 1. The van der Waals surface area contributed by atoms with Crippen molar-refractivity contribution in [1.29, 1.82) is 0 Å². The van der Waals surface area contributed by atoms with Gasteiger partial charge in [0.25, 0.3) is 0 Å². The average Bonchev–Trinajstić information content (AvgIpc) is 2.21. The highest BCUT2D eigenvalue weighted by atomic mass is 16.5. The van der Waals surface area contributed by atoms with Gasteiger partial charge in [-0.25, -0.2) is 4.79 Å². The van der Waals surface area contributed by atoms with Crippen LogP contribution in [-0.2, 0) is 14.3 Å². The number of nitrogens with zero attached hydrogens (tertiary/aromatic N) is 1. The molecule has 0 aromatic carbocycles. The zero-order valence-corrected chi connectivity index (χ0v) is 10.6. The minimum absolute atomic E-state index is 0.275. The molecule has 5 nitrogen and oxygen atoms in total. The molecule has 0 aliphatic rings. The van der Waals surface area contributed by atoms with Gasteiger partial charge in [0, 0.05) is 32.8 Å². The maximum Gasteiger partial charge on any atom is 0.334 e. The molecule has 1 N–H and O–H groups in total. The van der Waals surface area contributed by atoms with E-state index in [1.807, 2.05) is 18.7 Å². The number of carboxylic acids is 1. The van der Waals surface area contributed by atoms with Crippen molar-refractivity contribution in [3.8, 4) is 0 Å². The third-order valence-electron chi connectivity index (χ3n) is 2.36. The summed E-state index contributed by atoms with van der Waals surface area (Å²) in [5.41, 5.74) is 0. The van der Waals surface area contributed by atoms with E-state index >= 15 is 0 Å². The molecule has 5 heteroatoms. The van der Waals surface area contributed by atoms with Crippen molar-refractivity contribution in [2.45, 2.75) is 32.9 Å². The van der Waals surface area contributed by atoms with Crippen LogP contribution in [0.1, 0.15) is 20.8 Å². The van der Waals surface area contributed by atoms with Crippen molar-refractivity contribution in [2.24, 2.45) is 0 Å². The van der Waals surface area contributed by atoms with Crippen LogP contribution < -0.4 is 0 Å². The molecule has 0 spiro atoms. The second-order valence-electron chi connectivity index (χ2n) is 3.86. The van der Waals surface area contributed by atoms with E-state index in [2.05, 4.69) is 0 Å². The lowest BCUT2D eigenvalue weighted by Gasteiger charge is -2.28. The van der Waals surface area contributed by atoms with Gasteiger partial charge in [0.2, 0.25) is 0 Å². The fourth-order valence-corrected chi connectivity index (χ4v) is 1.39. The van der Waals surface area contributed by atoms with E-state index in [0.717, 1.165) is 0 Å². The predicted molar refractivity (Wildman–Crippen MR) is 61.6 cm³/mol. The highest BCUT2D eigenvalue weighted by Crippen LogP contribution is 2.03. The number of ether oxygens (including phenoxy) is 2. The Hall–Kier alpha value is -0.650. The molecule has 0 saturated carbocycles. The minimum Gasteiger partial charge on any atom is -0.479 e. The Kier molecular flexibility index (Phi) is 8.15. The summed E-state index contributed by atoms with van der Waals surface area (Å²) in [4.78, 5) is 13.0. The molecule has 0 fully saturated rings. The quantitative estimate of drug-likeness (QED) is 0.639. The summed E-state index contributed by atoms with van der Waals surface area (Å²) < 4.78 is 10.2. The lowest BCUT2D eigenvalue weighted by Crippen LogP contribution is -2.43. The van der Waals surface area contributed by atoms with Gasteiger partial charge in [-0.15, -0.1) is 0 Å². The summed E-state index contributed by atoms with van der Waals surface area (Å²) in [6.07, 6.45) is -0.760. The molecule has 96 valence electrons. The fraction of sp³-hybridized carbons (Fsp3) is 0.909. The molecule has 0 aromatic heterocycles. The van der Waals surface area contributed by atoms with Gasteiger partial charge in [-0.2, -0.15) is 0 Å². The Balaban J connectivity index is 4.26. The molecule has 16 heavy (non-hydrogen) atoms. The van der Waals surface area contributed by atoms with Crippen LogP contribution in [-0.4, -0.2) is 61.5 Å². The third kappa shape index (κ3) is 6.05. The van der Waals surface area contributed by atoms with Crippen LogP contribution in [0.25, 0.3) is 0 Å². The fourth-order valence-electron chi connectivity index (χ4n) is 1.39. The Morgan fingerprint density at radius 3 is 2.44 bits per heavy atom. The molecule has 0 aromatic rings. The second kappa shape index (κ2) is 8.50. The van der Waals surface area contributed by atoms with Crippen molar-refractivity contribution in [3.05, 3.63) is 0 Å². The molecule has 0 aliphatic heterocycles. The molecule has 0 saturated heterocycles. The van der Waals surface area contributed by atoms with Crippen LogP contribution in [0.15, 0.2) is 0 Å². The number of hydrogen-bond acceptors (Lipinski definition) is 4. The Bertz CT molecular complexity index is 196. The lowest BCUT2D eigenvalue weighted by molar-refractivity contribution is -0.151.